The van der Waals surface area contributed by atoms with Crippen LogP contribution in [0.5, 0.6) is 0 Å². The van der Waals surface area contributed by atoms with Gasteiger partial charge in [0.05, 0.1) is 12.1 Å². The van der Waals surface area contributed by atoms with Gasteiger partial charge in [-0.2, -0.15) is 5.10 Å². The summed E-state index contributed by atoms with van der Waals surface area (Å²) >= 11 is 0. The van der Waals surface area contributed by atoms with Crippen LogP contribution in [-0.4, -0.2) is 28.8 Å². The Morgan fingerprint density at radius 2 is 2.20 bits per heavy atom. The predicted octanol–water partition coefficient (Wildman–Crippen LogP) is 3.00. The highest BCUT2D eigenvalue weighted by molar-refractivity contribution is 5.92. The minimum atomic E-state index is -0.679. The number of halogens is 3. The second kappa shape index (κ2) is 8.40. The van der Waals surface area contributed by atoms with Crippen LogP contribution in [0, 0.1) is 11.6 Å². The summed E-state index contributed by atoms with van der Waals surface area (Å²) in [7, 11) is 0. The first-order valence-electron chi connectivity index (χ1n) is 8.06. The van der Waals surface area contributed by atoms with E-state index in [4.69, 9.17) is 0 Å². The fourth-order valence-corrected chi connectivity index (χ4v) is 2.92. The van der Waals surface area contributed by atoms with E-state index in [1.807, 2.05) is 0 Å². The number of hydrogen-bond donors (Lipinski definition) is 2. The van der Waals surface area contributed by atoms with Crippen LogP contribution < -0.4 is 10.6 Å². The van der Waals surface area contributed by atoms with Gasteiger partial charge in [-0.05, 0) is 38.4 Å². The van der Waals surface area contributed by atoms with Gasteiger partial charge in [-0.15, -0.1) is 12.4 Å². The summed E-state index contributed by atoms with van der Waals surface area (Å²) in [6.07, 6.45) is 3.88. The van der Waals surface area contributed by atoms with Gasteiger partial charge in [0.1, 0.15) is 17.3 Å². The number of carbonyl (C=O) groups is 1. The van der Waals surface area contributed by atoms with Crippen LogP contribution >= 0.6 is 12.4 Å². The molecule has 2 N–H and O–H groups in total. The lowest BCUT2D eigenvalue weighted by Crippen LogP contribution is -2.32. The molecule has 2 aromatic rings. The van der Waals surface area contributed by atoms with E-state index in [0.717, 1.165) is 32.0 Å². The Hall–Kier alpha value is -1.99. The smallest absolute Gasteiger partial charge is 0.272 e. The number of amides is 1. The topological polar surface area (TPSA) is 59.0 Å². The van der Waals surface area contributed by atoms with Gasteiger partial charge in [0, 0.05) is 24.4 Å². The zero-order valence-electron chi connectivity index (χ0n) is 13.8. The lowest BCUT2D eigenvalue weighted by Gasteiger charge is -2.22. The molecule has 1 fully saturated rings. The van der Waals surface area contributed by atoms with Gasteiger partial charge in [0.15, 0.2) is 0 Å². The normalized spacial score (nSPS) is 18.3. The standard InChI is InChI=1S/C17H20F2N4O.ClH/c1-11(14-5-4-12(18)9-15(14)19)21-17(24)16-6-8-23(22-16)13-3-2-7-20-10-13;/h4-6,8-9,11,13,20H,2-3,7,10H2,1H3,(H,21,24);1H. The SMILES string of the molecule is CC(NC(=O)c1ccn(C2CCCNC2)n1)c1ccc(F)cc1F.Cl. The Kier molecular flexibility index (Phi) is 6.50. The number of benzene rings is 1. The average molecular weight is 371 g/mol. The van der Waals surface area contributed by atoms with E-state index in [9.17, 15) is 13.6 Å². The third-order valence-electron chi connectivity index (χ3n) is 4.26. The van der Waals surface area contributed by atoms with E-state index in [-0.39, 0.29) is 35.6 Å². The van der Waals surface area contributed by atoms with Crippen LogP contribution in [0.4, 0.5) is 8.78 Å². The fraction of sp³-hybridized carbons (Fsp3) is 0.412. The number of hydrogen-bond acceptors (Lipinski definition) is 3. The molecule has 1 aromatic carbocycles. The third kappa shape index (κ3) is 4.55. The fourth-order valence-electron chi connectivity index (χ4n) is 2.92. The molecule has 3 rings (SSSR count). The molecule has 1 amide bonds. The summed E-state index contributed by atoms with van der Waals surface area (Å²) in [5.74, 6) is -1.70. The van der Waals surface area contributed by atoms with E-state index < -0.39 is 17.7 Å². The van der Waals surface area contributed by atoms with E-state index in [0.29, 0.717) is 0 Å². The maximum atomic E-state index is 13.8. The van der Waals surface area contributed by atoms with Crippen LogP contribution in [0.2, 0.25) is 0 Å². The summed E-state index contributed by atoms with van der Waals surface area (Å²) in [5, 5.41) is 10.3. The van der Waals surface area contributed by atoms with Crippen molar-refractivity contribution in [2.45, 2.75) is 31.8 Å². The van der Waals surface area contributed by atoms with Crippen molar-refractivity contribution in [3.05, 3.63) is 53.4 Å². The molecular formula is C17H21ClF2N4O. The van der Waals surface area contributed by atoms with Gasteiger partial charge in [0.2, 0.25) is 0 Å². The minimum Gasteiger partial charge on any atom is -0.344 e. The van der Waals surface area contributed by atoms with Crippen LogP contribution in [0.1, 0.15) is 47.9 Å². The molecule has 0 spiro atoms. The number of nitrogens with zero attached hydrogens (tertiary/aromatic N) is 2. The lowest BCUT2D eigenvalue weighted by atomic mass is 10.1. The van der Waals surface area contributed by atoms with Gasteiger partial charge >= 0.3 is 0 Å². The molecule has 0 radical (unpaired) electrons. The Labute approximate surface area is 151 Å². The minimum absolute atomic E-state index is 0. The van der Waals surface area contributed by atoms with E-state index in [1.165, 1.54) is 12.1 Å². The largest absolute Gasteiger partial charge is 0.344 e. The molecule has 0 aliphatic carbocycles. The molecule has 0 saturated carbocycles. The van der Waals surface area contributed by atoms with Crippen LogP contribution in [-0.2, 0) is 0 Å². The van der Waals surface area contributed by atoms with Crippen molar-refractivity contribution in [2.24, 2.45) is 0 Å². The molecule has 0 bridgehead atoms. The maximum absolute atomic E-state index is 13.8. The first-order valence-corrected chi connectivity index (χ1v) is 8.06. The first-order chi connectivity index (χ1) is 11.5. The van der Waals surface area contributed by atoms with Gasteiger partial charge < -0.3 is 10.6 Å². The summed E-state index contributed by atoms with van der Waals surface area (Å²) in [6, 6.07) is 4.63. The van der Waals surface area contributed by atoms with Gasteiger partial charge in [-0.3, -0.25) is 9.48 Å². The number of piperidine rings is 1. The first kappa shape index (κ1) is 19.3. The number of rotatable bonds is 4. The highest BCUT2D eigenvalue weighted by atomic mass is 35.5. The molecular weight excluding hydrogens is 350 g/mol. The van der Waals surface area contributed by atoms with Gasteiger partial charge in [-0.1, -0.05) is 6.07 Å². The summed E-state index contributed by atoms with van der Waals surface area (Å²) in [5.41, 5.74) is 0.524. The van der Waals surface area contributed by atoms with Crippen LogP contribution in [0.25, 0.3) is 0 Å². The highest BCUT2D eigenvalue weighted by Gasteiger charge is 2.20. The second-order valence-electron chi connectivity index (χ2n) is 6.04. The molecule has 1 aliphatic rings. The van der Waals surface area contributed by atoms with E-state index in [1.54, 1.807) is 23.9 Å². The molecule has 8 heteroatoms. The zero-order valence-corrected chi connectivity index (χ0v) is 14.7. The molecule has 136 valence electrons. The molecule has 1 saturated heterocycles. The Balaban J connectivity index is 0.00000225. The molecule has 1 aromatic heterocycles. The van der Waals surface area contributed by atoms with Crippen molar-refractivity contribution in [3.8, 4) is 0 Å². The highest BCUT2D eigenvalue weighted by Crippen LogP contribution is 2.19. The summed E-state index contributed by atoms with van der Waals surface area (Å²) in [4.78, 5) is 12.3. The van der Waals surface area contributed by atoms with Gasteiger partial charge in [-0.25, -0.2) is 8.78 Å². The van der Waals surface area contributed by atoms with Crippen LogP contribution in [0.3, 0.4) is 0 Å². The van der Waals surface area contributed by atoms with E-state index in [2.05, 4.69) is 15.7 Å². The van der Waals surface area contributed by atoms with Crippen molar-refractivity contribution in [2.75, 3.05) is 13.1 Å². The molecule has 5 nitrogen and oxygen atoms in total. The Bertz CT molecular complexity index is 731. The Morgan fingerprint density at radius 3 is 2.88 bits per heavy atom. The predicted molar refractivity (Wildman–Crippen MR) is 92.9 cm³/mol. The average Bonchev–Trinajstić information content (AvgIpc) is 3.05. The number of aromatic nitrogens is 2. The molecule has 2 heterocycles. The quantitative estimate of drug-likeness (QED) is 0.869. The number of nitrogens with one attached hydrogen (secondary N) is 2. The molecule has 2 atom stereocenters. The summed E-state index contributed by atoms with van der Waals surface area (Å²) < 4.78 is 28.6. The van der Waals surface area contributed by atoms with Crippen molar-refractivity contribution in [1.29, 1.82) is 0 Å². The van der Waals surface area contributed by atoms with Crippen molar-refractivity contribution >= 4 is 18.3 Å². The van der Waals surface area contributed by atoms with E-state index >= 15 is 0 Å². The number of carbonyl (C=O) groups excluding carboxylic acids is 1. The summed E-state index contributed by atoms with van der Waals surface area (Å²) in [6.45, 7) is 3.49. The molecule has 2 unspecified atom stereocenters. The lowest BCUT2D eigenvalue weighted by molar-refractivity contribution is 0.0933. The monoisotopic (exact) mass is 370 g/mol. The van der Waals surface area contributed by atoms with Crippen molar-refractivity contribution in [1.82, 2.24) is 20.4 Å². The van der Waals surface area contributed by atoms with Crippen molar-refractivity contribution < 1.29 is 13.6 Å². The van der Waals surface area contributed by atoms with Gasteiger partial charge in [0.25, 0.3) is 5.91 Å². The molecule has 25 heavy (non-hydrogen) atoms. The van der Waals surface area contributed by atoms with Crippen LogP contribution in [0.15, 0.2) is 30.5 Å². The third-order valence-corrected chi connectivity index (χ3v) is 4.26. The second-order valence-corrected chi connectivity index (χ2v) is 6.04. The zero-order chi connectivity index (χ0) is 17.1. The van der Waals surface area contributed by atoms with Crippen molar-refractivity contribution in [3.63, 3.8) is 0 Å². The Morgan fingerprint density at radius 1 is 1.40 bits per heavy atom. The maximum Gasteiger partial charge on any atom is 0.272 e. The molecule has 1 aliphatic heterocycles.